The standard InChI is InChI=1S/C14H12N2/c15-10-11-6-8-13(9-7-11)14(16)12-4-2-1-3-5-12/h1-9,14H,16H2/t14-/m1/s1. The van der Waals surface area contributed by atoms with E-state index < -0.39 is 0 Å². The largest absolute Gasteiger partial charge is 0.320 e. The average Bonchev–Trinajstić information content (AvgIpc) is 2.39. The molecule has 0 aromatic heterocycles. The summed E-state index contributed by atoms with van der Waals surface area (Å²) < 4.78 is 0. The number of benzene rings is 2. The van der Waals surface area contributed by atoms with Crippen molar-refractivity contribution in [2.24, 2.45) is 5.73 Å². The van der Waals surface area contributed by atoms with Crippen LogP contribution in [0.4, 0.5) is 0 Å². The first-order valence-corrected chi connectivity index (χ1v) is 5.12. The molecule has 16 heavy (non-hydrogen) atoms. The van der Waals surface area contributed by atoms with Crippen LogP contribution in [0.1, 0.15) is 22.7 Å². The predicted octanol–water partition coefficient (Wildman–Crippen LogP) is 2.61. The Morgan fingerprint density at radius 2 is 1.44 bits per heavy atom. The molecule has 0 aliphatic rings. The van der Waals surface area contributed by atoms with Gasteiger partial charge in [-0.05, 0) is 23.3 Å². The van der Waals surface area contributed by atoms with Crippen molar-refractivity contribution >= 4 is 0 Å². The molecular formula is C14H12N2. The lowest BCUT2D eigenvalue weighted by Crippen LogP contribution is -2.11. The maximum Gasteiger partial charge on any atom is 0.0991 e. The van der Waals surface area contributed by atoms with Crippen LogP contribution in [-0.4, -0.2) is 0 Å². The molecule has 2 nitrogen and oxygen atoms in total. The Labute approximate surface area is 95.0 Å². The lowest BCUT2D eigenvalue weighted by molar-refractivity contribution is 0.871. The number of nitrogens with two attached hydrogens (primary N) is 1. The van der Waals surface area contributed by atoms with Crippen LogP contribution in [0.5, 0.6) is 0 Å². The van der Waals surface area contributed by atoms with Gasteiger partial charge in [0.05, 0.1) is 17.7 Å². The highest BCUT2D eigenvalue weighted by molar-refractivity contribution is 5.36. The second kappa shape index (κ2) is 4.61. The van der Waals surface area contributed by atoms with Gasteiger partial charge in [0.25, 0.3) is 0 Å². The summed E-state index contributed by atoms with van der Waals surface area (Å²) in [6.45, 7) is 0. The van der Waals surface area contributed by atoms with E-state index in [1.807, 2.05) is 42.5 Å². The van der Waals surface area contributed by atoms with Gasteiger partial charge in [-0.25, -0.2) is 0 Å². The van der Waals surface area contributed by atoms with Crippen LogP contribution in [0.15, 0.2) is 54.6 Å². The molecule has 0 fully saturated rings. The molecule has 2 rings (SSSR count). The van der Waals surface area contributed by atoms with Crippen LogP contribution in [0.25, 0.3) is 0 Å². The molecule has 0 saturated heterocycles. The van der Waals surface area contributed by atoms with Crippen molar-refractivity contribution in [3.63, 3.8) is 0 Å². The molecule has 2 N–H and O–H groups in total. The van der Waals surface area contributed by atoms with Crippen LogP contribution >= 0.6 is 0 Å². The number of hydrogen-bond acceptors (Lipinski definition) is 2. The minimum absolute atomic E-state index is 0.131. The Bertz CT molecular complexity index is 495. The van der Waals surface area contributed by atoms with Gasteiger partial charge >= 0.3 is 0 Å². The first kappa shape index (κ1) is 10.4. The summed E-state index contributed by atoms with van der Waals surface area (Å²) in [6, 6.07) is 19.3. The Kier molecular flexibility index (Phi) is 3.00. The van der Waals surface area contributed by atoms with Crippen LogP contribution in [0.3, 0.4) is 0 Å². The quantitative estimate of drug-likeness (QED) is 0.824. The summed E-state index contributed by atoms with van der Waals surface area (Å²) in [5.74, 6) is 0. The molecule has 1 atom stereocenters. The summed E-state index contributed by atoms with van der Waals surface area (Å²) in [5.41, 5.74) is 8.88. The lowest BCUT2D eigenvalue weighted by Gasteiger charge is -2.12. The highest BCUT2D eigenvalue weighted by atomic mass is 14.6. The van der Waals surface area contributed by atoms with Crippen LogP contribution in [-0.2, 0) is 0 Å². The molecule has 0 saturated carbocycles. The third-order valence-corrected chi connectivity index (χ3v) is 2.56. The molecule has 0 aliphatic heterocycles. The maximum atomic E-state index is 8.70. The van der Waals surface area contributed by atoms with Crippen molar-refractivity contribution in [3.05, 3.63) is 71.3 Å². The van der Waals surface area contributed by atoms with E-state index in [1.165, 1.54) is 0 Å². The molecule has 0 amide bonds. The Morgan fingerprint density at radius 3 is 2.00 bits per heavy atom. The monoisotopic (exact) mass is 208 g/mol. The number of rotatable bonds is 2. The van der Waals surface area contributed by atoms with Gasteiger partial charge in [0.1, 0.15) is 0 Å². The smallest absolute Gasteiger partial charge is 0.0991 e. The van der Waals surface area contributed by atoms with Gasteiger partial charge in [0.2, 0.25) is 0 Å². The molecular weight excluding hydrogens is 196 g/mol. The van der Waals surface area contributed by atoms with Crippen LogP contribution in [0.2, 0.25) is 0 Å². The number of hydrogen-bond donors (Lipinski definition) is 1. The van der Waals surface area contributed by atoms with Crippen LogP contribution in [0, 0.1) is 11.3 Å². The van der Waals surface area contributed by atoms with Gasteiger partial charge in [-0.2, -0.15) is 5.26 Å². The molecule has 2 heteroatoms. The van der Waals surface area contributed by atoms with Crippen molar-refractivity contribution in [2.45, 2.75) is 6.04 Å². The molecule has 2 aromatic rings. The van der Waals surface area contributed by atoms with Gasteiger partial charge in [0, 0.05) is 0 Å². The van der Waals surface area contributed by atoms with Crippen molar-refractivity contribution < 1.29 is 0 Å². The zero-order valence-corrected chi connectivity index (χ0v) is 8.80. The minimum Gasteiger partial charge on any atom is -0.320 e. The fourth-order valence-corrected chi connectivity index (χ4v) is 1.62. The van der Waals surface area contributed by atoms with Crippen molar-refractivity contribution in [1.29, 1.82) is 5.26 Å². The first-order chi connectivity index (χ1) is 7.81. The Morgan fingerprint density at radius 1 is 0.875 bits per heavy atom. The number of nitriles is 1. The van der Waals surface area contributed by atoms with Crippen molar-refractivity contribution in [3.8, 4) is 6.07 Å². The van der Waals surface area contributed by atoms with Gasteiger partial charge in [-0.1, -0.05) is 42.5 Å². The Balaban J connectivity index is 2.28. The maximum absolute atomic E-state index is 8.70. The molecule has 0 aliphatic carbocycles. The summed E-state index contributed by atoms with van der Waals surface area (Å²) >= 11 is 0. The minimum atomic E-state index is -0.131. The van der Waals surface area contributed by atoms with E-state index in [0.717, 1.165) is 11.1 Å². The third-order valence-electron chi connectivity index (χ3n) is 2.56. The second-order valence-electron chi connectivity index (χ2n) is 3.62. The van der Waals surface area contributed by atoms with Crippen molar-refractivity contribution in [2.75, 3.05) is 0 Å². The van der Waals surface area contributed by atoms with E-state index in [2.05, 4.69) is 6.07 Å². The van der Waals surface area contributed by atoms with E-state index >= 15 is 0 Å². The molecule has 0 heterocycles. The summed E-state index contributed by atoms with van der Waals surface area (Å²) in [6.07, 6.45) is 0. The van der Waals surface area contributed by atoms with E-state index in [9.17, 15) is 0 Å². The third kappa shape index (κ3) is 2.10. The Hall–Kier alpha value is -2.11. The van der Waals surface area contributed by atoms with E-state index in [4.69, 9.17) is 11.0 Å². The molecule has 0 bridgehead atoms. The molecule has 78 valence electrons. The normalized spacial score (nSPS) is 11.8. The van der Waals surface area contributed by atoms with Gasteiger partial charge < -0.3 is 5.73 Å². The van der Waals surface area contributed by atoms with E-state index in [1.54, 1.807) is 12.1 Å². The molecule has 2 aromatic carbocycles. The average molecular weight is 208 g/mol. The highest BCUT2D eigenvalue weighted by Crippen LogP contribution is 2.19. The fourth-order valence-electron chi connectivity index (χ4n) is 1.62. The lowest BCUT2D eigenvalue weighted by atomic mass is 9.99. The summed E-state index contributed by atoms with van der Waals surface area (Å²) in [5, 5.41) is 8.70. The molecule has 0 radical (unpaired) electrons. The van der Waals surface area contributed by atoms with Gasteiger partial charge in [0.15, 0.2) is 0 Å². The fraction of sp³-hybridized carbons (Fsp3) is 0.0714. The highest BCUT2D eigenvalue weighted by Gasteiger charge is 2.07. The number of nitrogens with zero attached hydrogens (tertiary/aromatic N) is 1. The van der Waals surface area contributed by atoms with E-state index in [0.29, 0.717) is 5.56 Å². The summed E-state index contributed by atoms with van der Waals surface area (Å²) in [4.78, 5) is 0. The SMILES string of the molecule is N#Cc1ccc([C@H](N)c2ccccc2)cc1. The topological polar surface area (TPSA) is 49.8 Å². The van der Waals surface area contributed by atoms with E-state index in [-0.39, 0.29) is 6.04 Å². The summed E-state index contributed by atoms with van der Waals surface area (Å²) in [7, 11) is 0. The predicted molar refractivity (Wildman–Crippen MR) is 63.6 cm³/mol. The second-order valence-corrected chi connectivity index (χ2v) is 3.62. The van der Waals surface area contributed by atoms with Gasteiger partial charge in [-0.3, -0.25) is 0 Å². The molecule has 0 spiro atoms. The van der Waals surface area contributed by atoms with Crippen LogP contribution < -0.4 is 5.73 Å². The molecule has 0 unspecified atom stereocenters. The first-order valence-electron chi connectivity index (χ1n) is 5.12. The zero-order chi connectivity index (χ0) is 11.4. The van der Waals surface area contributed by atoms with Crippen molar-refractivity contribution in [1.82, 2.24) is 0 Å². The zero-order valence-electron chi connectivity index (χ0n) is 8.80. The van der Waals surface area contributed by atoms with Gasteiger partial charge in [-0.15, -0.1) is 0 Å².